The lowest BCUT2D eigenvalue weighted by molar-refractivity contribution is 0.0902. The van der Waals surface area contributed by atoms with Crippen LogP contribution in [0.1, 0.15) is 0 Å². The van der Waals surface area contributed by atoms with Crippen molar-refractivity contribution < 1.29 is 4.74 Å². The molecule has 0 unspecified atom stereocenters. The first kappa shape index (κ1) is 15.5. The third-order valence-corrected chi connectivity index (χ3v) is 5.74. The minimum absolute atomic E-state index is 0.561. The first-order valence-corrected chi connectivity index (χ1v) is 11.4. The first-order valence-electron chi connectivity index (χ1n) is 6.64. The van der Waals surface area contributed by atoms with Gasteiger partial charge in [-0.1, -0.05) is 31.8 Å². The molecule has 0 fully saturated rings. The van der Waals surface area contributed by atoms with Gasteiger partial charge in [-0.05, 0) is 34.7 Å². The van der Waals surface area contributed by atoms with E-state index >= 15 is 0 Å². The van der Waals surface area contributed by atoms with E-state index in [4.69, 9.17) is 11.3 Å². The van der Waals surface area contributed by atoms with Crippen LogP contribution in [-0.4, -0.2) is 19.2 Å². The van der Waals surface area contributed by atoms with Crippen LogP contribution in [0.5, 0.6) is 0 Å². The van der Waals surface area contributed by atoms with E-state index in [2.05, 4.69) is 57.8 Å². The van der Waals surface area contributed by atoms with Crippen molar-refractivity contribution in [3.63, 3.8) is 0 Å². The van der Waals surface area contributed by atoms with Crippen LogP contribution < -0.4 is 0 Å². The Morgan fingerprint density at radius 1 is 1.35 bits per heavy atom. The maximum atomic E-state index is 7.12. The van der Waals surface area contributed by atoms with Crippen molar-refractivity contribution in [3.05, 3.63) is 39.4 Å². The molecule has 20 heavy (non-hydrogen) atoms. The average molecular weight is 398 g/mol. The van der Waals surface area contributed by atoms with E-state index in [0.29, 0.717) is 12.4 Å². The largest absolute Gasteiger partial charge is 0.361 e. The minimum Gasteiger partial charge on any atom is -0.361 e. The summed E-state index contributed by atoms with van der Waals surface area (Å²) in [5.74, 6) is 0. The molecule has 2 rings (SSSR count). The number of halogens is 1. The molecule has 0 aliphatic carbocycles. The van der Waals surface area contributed by atoms with Crippen LogP contribution in [0.4, 0.5) is 5.69 Å². The van der Waals surface area contributed by atoms with Crippen molar-refractivity contribution in [3.8, 4) is 0 Å². The van der Waals surface area contributed by atoms with Crippen molar-refractivity contribution >= 4 is 47.3 Å². The highest BCUT2D eigenvalue weighted by atomic mass is 127. The zero-order valence-electron chi connectivity index (χ0n) is 12.1. The Kier molecular flexibility index (Phi) is 4.89. The summed E-state index contributed by atoms with van der Waals surface area (Å²) in [6.07, 6.45) is 2.09. The van der Waals surface area contributed by atoms with E-state index in [0.717, 1.165) is 12.1 Å². The molecule has 1 aromatic heterocycles. The number of ether oxygens (including phenoxy) is 1. The molecule has 0 atom stereocenters. The summed E-state index contributed by atoms with van der Waals surface area (Å²) < 4.78 is 9.10. The fraction of sp³-hybridized carbons (Fsp3) is 0.400. The lowest BCUT2D eigenvalue weighted by Crippen LogP contribution is -2.21. The van der Waals surface area contributed by atoms with Crippen molar-refractivity contribution in [2.75, 3.05) is 6.61 Å². The molecule has 0 bridgehead atoms. The molecular weight excluding hydrogens is 379 g/mol. The summed E-state index contributed by atoms with van der Waals surface area (Å²) in [4.78, 5) is 3.50. The van der Waals surface area contributed by atoms with Crippen LogP contribution in [0.3, 0.4) is 0 Å². The van der Waals surface area contributed by atoms with Gasteiger partial charge >= 0.3 is 0 Å². The Balaban J connectivity index is 2.12. The van der Waals surface area contributed by atoms with E-state index < -0.39 is 8.07 Å². The maximum absolute atomic E-state index is 7.12. The van der Waals surface area contributed by atoms with Gasteiger partial charge in [0.05, 0.1) is 6.57 Å². The van der Waals surface area contributed by atoms with E-state index in [-0.39, 0.29) is 0 Å². The molecule has 0 saturated carbocycles. The van der Waals surface area contributed by atoms with Crippen LogP contribution in [0, 0.1) is 10.1 Å². The van der Waals surface area contributed by atoms with Crippen LogP contribution in [-0.2, 0) is 11.5 Å². The monoisotopic (exact) mass is 398 g/mol. The van der Waals surface area contributed by atoms with Gasteiger partial charge in [0.25, 0.3) is 0 Å². The number of fused-ring (bicyclic) bond motifs is 1. The molecule has 1 aromatic carbocycles. The normalized spacial score (nSPS) is 11.8. The highest BCUT2D eigenvalue weighted by Crippen LogP contribution is 2.27. The molecule has 5 heteroatoms. The Hall–Kier alpha value is -0.843. The Bertz CT molecular complexity index is 652. The van der Waals surface area contributed by atoms with Gasteiger partial charge in [0.1, 0.15) is 6.73 Å². The van der Waals surface area contributed by atoms with Crippen molar-refractivity contribution in [1.82, 2.24) is 4.57 Å². The molecule has 0 saturated heterocycles. The summed E-state index contributed by atoms with van der Waals surface area (Å²) in [7, 11) is -1.03. The molecular formula is C15H19IN2OSi. The minimum atomic E-state index is -1.03. The van der Waals surface area contributed by atoms with E-state index in [1.54, 1.807) is 0 Å². The smallest absolute Gasteiger partial charge is 0.189 e. The molecule has 0 spiro atoms. The second-order valence-electron chi connectivity index (χ2n) is 6.11. The number of benzene rings is 1. The van der Waals surface area contributed by atoms with Gasteiger partial charge < -0.3 is 9.30 Å². The molecule has 3 nitrogen and oxygen atoms in total. The van der Waals surface area contributed by atoms with Gasteiger partial charge in [-0.3, -0.25) is 0 Å². The van der Waals surface area contributed by atoms with Gasteiger partial charge in [0, 0.05) is 35.4 Å². The van der Waals surface area contributed by atoms with E-state index in [9.17, 15) is 0 Å². The van der Waals surface area contributed by atoms with Crippen LogP contribution in [0.15, 0.2) is 24.4 Å². The zero-order valence-corrected chi connectivity index (χ0v) is 15.3. The van der Waals surface area contributed by atoms with Crippen LogP contribution in [0.25, 0.3) is 15.7 Å². The summed E-state index contributed by atoms with van der Waals surface area (Å²) >= 11 is 2.33. The van der Waals surface area contributed by atoms with Crippen molar-refractivity contribution in [2.45, 2.75) is 32.4 Å². The quantitative estimate of drug-likeness (QED) is 0.296. The number of aromatic nitrogens is 1. The van der Waals surface area contributed by atoms with Crippen molar-refractivity contribution in [2.24, 2.45) is 0 Å². The maximum Gasteiger partial charge on any atom is 0.189 e. The predicted octanol–water partition coefficient (Wildman–Crippen LogP) is 5.11. The Morgan fingerprint density at radius 3 is 2.75 bits per heavy atom. The van der Waals surface area contributed by atoms with Gasteiger partial charge in [-0.15, -0.1) is 0 Å². The Labute approximate surface area is 134 Å². The molecule has 0 radical (unpaired) electrons. The summed E-state index contributed by atoms with van der Waals surface area (Å²) in [5, 5.41) is 1.19. The standard InChI is InChI=1S/C15H19IN2OSi/c1-17-12-5-6-13-14(16)10-18(15(13)9-12)11-19-7-8-20(2,3)4/h5-6,9-10H,7-8,11H2,2-4H3. The number of nitrogens with zero attached hydrogens (tertiary/aromatic N) is 2. The lowest BCUT2D eigenvalue weighted by atomic mass is 10.2. The summed E-state index contributed by atoms with van der Waals surface area (Å²) in [5.41, 5.74) is 1.76. The highest BCUT2D eigenvalue weighted by Gasteiger charge is 2.12. The molecule has 0 N–H and O–H groups in total. The van der Waals surface area contributed by atoms with Gasteiger partial charge in [0.15, 0.2) is 5.69 Å². The summed E-state index contributed by atoms with van der Waals surface area (Å²) in [6, 6.07) is 7.00. The van der Waals surface area contributed by atoms with Crippen LogP contribution >= 0.6 is 22.6 Å². The SMILES string of the molecule is [C-]#[N+]c1ccc2c(I)cn(COCC[Si](C)(C)C)c2c1. The zero-order chi connectivity index (χ0) is 14.8. The van der Waals surface area contributed by atoms with Gasteiger partial charge in [-0.25, -0.2) is 4.85 Å². The molecule has 1 heterocycles. The topological polar surface area (TPSA) is 18.5 Å². The number of rotatable bonds is 5. The van der Waals surface area contributed by atoms with E-state index in [1.165, 1.54) is 15.0 Å². The third kappa shape index (κ3) is 3.84. The van der Waals surface area contributed by atoms with Crippen LogP contribution in [0.2, 0.25) is 25.7 Å². The van der Waals surface area contributed by atoms with E-state index in [1.807, 2.05) is 18.2 Å². The molecule has 106 valence electrons. The van der Waals surface area contributed by atoms with Gasteiger partial charge in [-0.2, -0.15) is 0 Å². The molecule has 0 aliphatic rings. The highest BCUT2D eigenvalue weighted by molar-refractivity contribution is 14.1. The second-order valence-corrected chi connectivity index (χ2v) is 12.9. The number of hydrogen-bond acceptors (Lipinski definition) is 1. The lowest BCUT2D eigenvalue weighted by Gasteiger charge is -2.15. The van der Waals surface area contributed by atoms with Gasteiger partial charge in [0.2, 0.25) is 0 Å². The molecule has 0 aliphatic heterocycles. The third-order valence-electron chi connectivity index (χ3n) is 3.17. The average Bonchev–Trinajstić information content (AvgIpc) is 2.70. The Morgan fingerprint density at radius 2 is 2.10 bits per heavy atom. The first-order chi connectivity index (χ1) is 9.40. The predicted molar refractivity (Wildman–Crippen MR) is 95.0 cm³/mol. The molecule has 2 aromatic rings. The number of hydrogen-bond donors (Lipinski definition) is 0. The fourth-order valence-corrected chi connectivity index (χ4v) is 3.50. The van der Waals surface area contributed by atoms with Crippen molar-refractivity contribution in [1.29, 1.82) is 0 Å². The molecule has 0 amide bonds. The second kappa shape index (κ2) is 6.29. The fourth-order valence-electron chi connectivity index (χ4n) is 1.95. The summed E-state index contributed by atoms with van der Waals surface area (Å²) in [6.45, 7) is 15.6.